The lowest BCUT2D eigenvalue weighted by Gasteiger charge is -2.40. The van der Waals surface area contributed by atoms with Gasteiger partial charge in [0.15, 0.2) is 11.6 Å². The van der Waals surface area contributed by atoms with Crippen LogP contribution in [0.1, 0.15) is 13.3 Å². The SMILES string of the molecule is CCC1CN(c2cc(OC)c(F)cc2N)CCN1C. The number of likely N-dealkylation sites (N-methyl/N-ethyl adjacent to an activating group) is 1. The molecule has 1 aliphatic rings. The third-order valence-electron chi connectivity index (χ3n) is 3.89. The van der Waals surface area contributed by atoms with Crippen molar-refractivity contribution < 1.29 is 9.13 Å². The van der Waals surface area contributed by atoms with E-state index in [1.807, 2.05) is 0 Å². The Morgan fingerprint density at radius 2 is 2.16 bits per heavy atom. The summed E-state index contributed by atoms with van der Waals surface area (Å²) in [6.45, 7) is 4.97. The monoisotopic (exact) mass is 267 g/mol. The zero-order chi connectivity index (χ0) is 14.0. The van der Waals surface area contributed by atoms with Gasteiger partial charge in [-0.3, -0.25) is 4.90 Å². The summed E-state index contributed by atoms with van der Waals surface area (Å²) in [6, 6.07) is 3.54. The number of ether oxygens (including phenoxy) is 1. The van der Waals surface area contributed by atoms with E-state index >= 15 is 0 Å². The minimum Gasteiger partial charge on any atom is -0.494 e. The minimum atomic E-state index is -0.412. The third-order valence-corrected chi connectivity index (χ3v) is 3.89. The number of nitrogens with zero attached hydrogens (tertiary/aromatic N) is 2. The van der Waals surface area contributed by atoms with Gasteiger partial charge in [0.2, 0.25) is 0 Å². The molecule has 0 aromatic heterocycles. The fourth-order valence-corrected chi connectivity index (χ4v) is 2.59. The van der Waals surface area contributed by atoms with Gasteiger partial charge < -0.3 is 15.4 Å². The first-order chi connectivity index (χ1) is 9.06. The van der Waals surface area contributed by atoms with Crippen molar-refractivity contribution in [2.45, 2.75) is 19.4 Å². The molecule has 0 saturated carbocycles. The Morgan fingerprint density at radius 1 is 1.42 bits per heavy atom. The number of anilines is 2. The molecule has 1 unspecified atom stereocenters. The van der Waals surface area contributed by atoms with Crippen molar-refractivity contribution in [3.05, 3.63) is 17.9 Å². The molecule has 1 atom stereocenters. The van der Waals surface area contributed by atoms with Crippen molar-refractivity contribution in [3.63, 3.8) is 0 Å². The summed E-state index contributed by atoms with van der Waals surface area (Å²) >= 11 is 0. The lowest BCUT2D eigenvalue weighted by molar-refractivity contribution is 0.213. The fourth-order valence-electron chi connectivity index (χ4n) is 2.59. The maximum absolute atomic E-state index is 13.6. The van der Waals surface area contributed by atoms with Crippen molar-refractivity contribution in [3.8, 4) is 5.75 Å². The van der Waals surface area contributed by atoms with Gasteiger partial charge in [-0.25, -0.2) is 4.39 Å². The second kappa shape index (κ2) is 5.65. The van der Waals surface area contributed by atoms with Gasteiger partial charge in [0, 0.05) is 37.8 Å². The average molecular weight is 267 g/mol. The second-order valence-corrected chi connectivity index (χ2v) is 5.03. The van der Waals surface area contributed by atoms with E-state index in [9.17, 15) is 4.39 Å². The Morgan fingerprint density at radius 3 is 2.79 bits per heavy atom. The molecule has 0 radical (unpaired) electrons. The van der Waals surface area contributed by atoms with Crippen LogP contribution in [0.2, 0.25) is 0 Å². The highest BCUT2D eigenvalue weighted by Gasteiger charge is 2.24. The van der Waals surface area contributed by atoms with Crippen LogP contribution in [-0.4, -0.2) is 44.7 Å². The van der Waals surface area contributed by atoms with Crippen LogP contribution in [-0.2, 0) is 0 Å². The highest BCUT2D eigenvalue weighted by molar-refractivity contribution is 5.70. The highest BCUT2D eigenvalue weighted by Crippen LogP contribution is 2.32. The number of benzene rings is 1. The average Bonchev–Trinajstić information content (AvgIpc) is 2.40. The Hall–Kier alpha value is -1.49. The molecule has 1 aliphatic heterocycles. The highest BCUT2D eigenvalue weighted by atomic mass is 19.1. The second-order valence-electron chi connectivity index (χ2n) is 5.03. The van der Waals surface area contributed by atoms with Gasteiger partial charge in [0.1, 0.15) is 0 Å². The molecule has 0 aliphatic carbocycles. The number of hydrogen-bond acceptors (Lipinski definition) is 4. The maximum Gasteiger partial charge on any atom is 0.167 e. The van der Waals surface area contributed by atoms with E-state index < -0.39 is 5.82 Å². The molecule has 2 N–H and O–H groups in total. The molecule has 1 fully saturated rings. The van der Waals surface area contributed by atoms with Gasteiger partial charge in [-0.15, -0.1) is 0 Å². The molecule has 1 aromatic rings. The van der Waals surface area contributed by atoms with Crippen molar-refractivity contribution in [1.82, 2.24) is 4.90 Å². The quantitative estimate of drug-likeness (QED) is 0.850. The Bertz CT molecular complexity index is 453. The van der Waals surface area contributed by atoms with Gasteiger partial charge >= 0.3 is 0 Å². The molecule has 2 rings (SSSR count). The fraction of sp³-hybridized carbons (Fsp3) is 0.571. The lowest BCUT2D eigenvalue weighted by Crippen LogP contribution is -2.51. The van der Waals surface area contributed by atoms with E-state index in [1.165, 1.54) is 13.2 Å². The summed E-state index contributed by atoms with van der Waals surface area (Å²) in [7, 11) is 3.61. The predicted octanol–water partition coefficient (Wildman–Crippen LogP) is 1.95. The van der Waals surface area contributed by atoms with Gasteiger partial charge in [-0.1, -0.05) is 6.92 Å². The smallest absolute Gasteiger partial charge is 0.167 e. The molecule has 0 amide bonds. The first-order valence-corrected chi connectivity index (χ1v) is 6.65. The zero-order valence-corrected chi connectivity index (χ0v) is 11.8. The minimum absolute atomic E-state index is 0.246. The molecule has 19 heavy (non-hydrogen) atoms. The standard InChI is InChI=1S/C14H22FN3O/c1-4-10-9-18(6-5-17(10)2)13-8-14(19-3)11(15)7-12(13)16/h7-8,10H,4-6,9,16H2,1-3H3. The summed E-state index contributed by atoms with van der Waals surface area (Å²) in [5.74, 6) is -0.166. The molecule has 4 nitrogen and oxygen atoms in total. The summed E-state index contributed by atoms with van der Waals surface area (Å²) < 4.78 is 18.6. The van der Waals surface area contributed by atoms with E-state index in [1.54, 1.807) is 6.07 Å². The summed E-state index contributed by atoms with van der Waals surface area (Å²) in [5, 5.41) is 0. The lowest BCUT2D eigenvalue weighted by atomic mass is 10.1. The van der Waals surface area contributed by atoms with Crippen molar-refractivity contribution >= 4 is 11.4 Å². The molecule has 5 heteroatoms. The molecular formula is C14H22FN3O. The summed E-state index contributed by atoms with van der Waals surface area (Å²) in [4.78, 5) is 4.57. The molecule has 106 valence electrons. The van der Waals surface area contributed by atoms with Crippen LogP contribution >= 0.6 is 0 Å². The molecule has 0 bridgehead atoms. The number of piperazine rings is 1. The van der Waals surface area contributed by atoms with E-state index in [4.69, 9.17) is 10.5 Å². The van der Waals surface area contributed by atoms with Crippen LogP contribution < -0.4 is 15.4 Å². The van der Waals surface area contributed by atoms with Crippen LogP contribution in [0.25, 0.3) is 0 Å². The first kappa shape index (κ1) is 13.9. The Labute approximate surface area is 113 Å². The van der Waals surface area contributed by atoms with Gasteiger partial charge in [-0.05, 0) is 13.5 Å². The largest absolute Gasteiger partial charge is 0.494 e. The van der Waals surface area contributed by atoms with Crippen LogP contribution in [0.5, 0.6) is 5.75 Å². The van der Waals surface area contributed by atoms with Crippen molar-refractivity contribution in [2.24, 2.45) is 0 Å². The molecule has 1 aromatic carbocycles. The van der Waals surface area contributed by atoms with E-state index in [0.717, 1.165) is 31.7 Å². The number of nitrogens with two attached hydrogens (primary N) is 1. The summed E-state index contributed by atoms with van der Waals surface area (Å²) in [5.41, 5.74) is 7.28. The summed E-state index contributed by atoms with van der Waals surface area (Å²) in [6.07, 6.45) is 1.09. The van der Waals surface area contributed by atoms with Gasteiger partial charge in [0.05, 0.1) is 18.5 Å². The van der Waals surface area contributed by atoms with Crippen molar-refractivity contribution in [2.75, 3.05) is 44.4 Å². The predicted molar refractivity (Wildman–Crippen MR) is 76.3 cm³/mol. The number of rotatable bonds is 3. The zero-order valence-electron chi connectivity index (χ0n) is 11.8. The maximum atomic E-state index is 13.6. The third kappa shape index (κ3) is 2.76. The number of hydrogen-bond donors (Lipinski definition) is 1. The van der Waals surface area contributed by atoms with Crippen LogP contribution in [0.4, 0.5) is 15.8 Å². The van der Waals surface area contributed by atoms with Gasteiger partial charge in [0.25, 0.3) is 0 Å². The first-order valence-electron chi connectivity index (χ1n) is 6.65. The van der Waals surface area contributed by atoms with Crippen LogP contribution in [0.3, 0.4) is 0 Å². The van der Waals surface area contributed by atoms with Crippen LogP contribution in [0.15, 0.2) is 12.1 Å². The number of methoxy groups -OCH3 is 1. The number of nitrogen functional groups attached to an aromatic ring is 1. The topological polar surface area (TPSA) is 41.7 Å². The molecule has 1 saturated heterocycles. The van der Waals surface area contributed by atoms with Crippen molar-refractivity contribution in [1.29, 1.82) is 0 Å². The molecule has 1 heterocycles. The normalized spacial score (nSPS) is 20.6. The molecular weight excluding hydrogens is 245 g/mol. The van der Waals surface area contributed by atoms with Gasteiger partial charge in [-0.2, -0.15) is 0 Å². The Kier molecular flexibility index (Phi) is 4.14. The number of halogens is 1. The van der Waals surface area contributed by atoms with E-state index in [-0.39, 0.29) is 5.75 Å². The van der Waals surface area contributed by atoms with E-state index in [2.05, 4.69) is 23.8 Å². The van der Waals surface area contributed by atoms with Crippen LogP contribution in [0, 0.1) is 5.82 Å². The molecule has 0 spiro atoms. The van der Waals surface area contributed by atoms with E-state index in [0.29, 0.717) is 11.7 Å². The Balaban J connectivity index is 2.26.